The summed E-state index contributed by atoms with van der Waals surface area (Å²) in [5, 5.41) is 3.32. The first-order valence-corrected chi connectivity index (χ1v) is 6.04. The van der Waals surface area contributed by atoms with Crippen LogP contribution >= 0.6 is 0 Å². The molecule has 1 atom stereocenters. The summed E-state index contributed by atoms with van der Waals surface area (Å²) in [5.41, 5.74) is 0.497. The van der Waals surface area contributed by atoms with E-state index in [9.17, 15) is 0 Å². The first-order chi connectivity index (χ1) is 6.37. The molecular formula is C13H29N. The SMILES string of the molecule is CNC(C)CC(C)(C)CCCC(C)C. The monoisotopic (exact) mass is 199 g/mol. The molecule has 1 N–H and O–H groups in total. The predicted octanol–water partition coefficient (Wildman–Crippen LogP) is 3.84. The van der Waals surface area contributed by atoms with E-state index in [2.05, 4.69) is 47.0 Å². The van der Waals surface area contributed by atoms with E-state index in [0.717, 1.165) is 5.92 Å². The minimum Gasteiger partial charge on any atom is -0.317 e. The van der Waals surface area contributed by atoms with Crippen molar-refractivity contribution in [2.45, 2.75) is 66.3 Å². The third-order valence-electron chi connectivity index (χ3n) is 2.99. The smallest absolute Gasteiger partial charge is 0.00408 e. The van der Waals surface area contributed by atoms with E-state index in [0.29, 0.717) is 11.5 Å². The van der Waals surface area contributed by atoms with Crippen LogP contribution in [0, 0.1) is 11.3 Å². The van der Waals surface area contributed by atoms with Gasteiger partial charge in [0.1, 0.15) is 0 Å². The molecule has 0 aromatic heterocycles. The van der Waals surface area contributed by atoms with Gasteiger partial charge in [0.25, 0.3) is 0 Å². The highest BCUT2D eigenvalue weighted by molar-refractivity contribution is 4.74. The maximum Gasteiger partial charge on any atom is 0.00408 e. The first kappa shape index (κ1) is 14.0. The predicted molar refractivity (Wildman–Crippen MR) is 65.6 cm³/mol. The van der Waals surface area contributed by atoms with Crippen LogP contribution in [-0.4, -0.2) is 13.1 Å². The van der Waals surface area contributed by atoms with Crippen molar-refractivity contribution in [3.05, 3.63) is 0 Å². The van der Waals surface area contributed by atoms with Crippen LogP contribution in [0.3, 0.4) is 0 Å². The van der Waals surface area contributed by atoms with Gasteiger partial charge >= 0.3 is 0 Å². The van der Waals surface area contributed by atoms with Crippen molar-refractivity contribution in [3.63, 3.8) is 0 Å². The molecule has 14 heavy (non-hydrogen) atoms. The maximum atomic E-state index is 3.32. The summed E-state index contributed by atoms with van der Waals surface area (Å²) in [5.74, 6) is 0.854. The number of nitrogens with one attached hydrogen (secondary N) is 1. The Bertz CT molecular complexity index is 138. The second-order valence-electron chi connectivity index (χ2n) is 5.84. The zero-order valence-corrected chi connectivity index (χ0v) is 11.0. The first-order valence-electron chi connectivity index (χ1n) is 6.04. The zero-order chi connectivity index (χ0) is 11.2. The van der Waals surface area contributed by atoms with Gasteiger partial charge in [0.05, 0.1) is 0 Å². The topological polar surface area (TPSA) is 12.0 Å². The van der Waals surface area contributed by atoms with Gasteiger partial charge in [-0.2, -0.15) is 0 Å². The van der Waals surface area contributed by atoms with Gasteiger partial charge < -0.3 is 5.32 Å². The fourth-order valence-corrected chi connectivity index (χ4v) is 2.02. The lowest BCUT2D eigenvalue weighted by atomic mass is 9.81. The summed E-state index contributed by atoms with van der Waals surface area (Å²) >= 11 is 0. The molecule has 0 aromatic rings. The van der Waals surface area contributed by atoms with E-state index >= 15 is 0 Å². The molecular weight excluding hydrogens is 170 g/mol. The Labute approximate surface area is 90.7 Å². The third kappa shape index (κ3) is 7.37. The second kappa shape index (κ2) is 6.44. The van der Waals surface area contributed by atoms with Crippen LogP contribution in [0.15, 0.2) is 0 Å². The minimum atomic E-state index is 0.497. The van der Waals surface area contributed by atoms with Gasteiger partial charge in [-0.1, -0.05) is 40.5 Å². The molecule has 86 valence electrons. The standard InChI is InChI=1S/C13H29N/c1-11(2)8-7-9-13(4,5)10-12(3)14-6/h11-12,14H,7-10H2,1-6H3. The highest BCUT2D eigenvalue weighted by Gasteiger charge is 2.19. The van der Waals surface area contributed by atoms with Crippen molar-refractivity contribution in [1.82, 2.24) is 5.32 Å². The van der Waals surface area contributed by atoms with Crippen molar-refractivity contribution in [3.8, 4) is 0 Å². The van der Waals surface area contributed by atoms with Crippen LogP contribution in [0.25, 0.3) is 0 Å². The lowest BCUT2D eigenvalue weighted by Gasteiger charge is -2.28. The minimum absolute atomic E-state index is 0.497. The molecule has 0 bridgehead atoms. The van der Waals surface area contributed by atoms with Crippen molar-refractivity contribution in [2.75, 3.05) is 7.05 Å². The molecule has 1 heteroatoms. The quantitative estimate of drug-likeness (QED) is 0.657. The van der Waals surface area contributed by atoms with Gasteiger partial charge in [0, 0.05) is 6.04 Å². The maximum absolute atomic E-state index is 3.32. The molecule has 0 saturated carbocycles. The molecule has 0 fully saturated rings. The molecule has 0 rings (SSSR count). The molecule has 0 aromatic carbocycles. The molecule has 1 unspecified atom stereocenters. The summed E-state index contributed by atoms with van der Waals surface area (Å²) in [7, 11) is 2.05. The largest absolute Gasteiger partial charge is 0.317 e. The lowest BCUT2D eigenvalue weighted by Crippen LogP contribution is -2.28. The van der Waals surface area contributed by atoms with E-state index in [1.165, 1.54) is 25.7 Å². The summed E-state index contributed by atoms with van der Waals surface area (Å²) in [6, 6.07) is 0.643. The van der Waals surface area contributed by atoms with Crippen LogP contribution in [0.1, 0.15) is 60.3 Å². The third-order valence-corrected chi connectivity index (χ3v) is 2.99. The molecule has 1 nitrogen and oxygen atoms in total. The van der Waals surface area contributed by atoms with Gasteiger partial charge in [-0.05, 0) is 38.1 Å². The molecule has 0 heterocycles. The van der Waals surface area contributed by atoms with E-state index in [1.807, 2.05) is 0 Å². The Morgan fingerprint density at radius 3 is 2.14 bits per heavy atom. The molecule has 0 aliphatic heterocycles. The highest BCUT2D eigenvalue weighted by atomic mass is 14.9. The summed E-state index contributed by atoms with van der Waals surface area (Å²) in [4.78, 5) is 0. The summed E-state index contributed by atoms with van der Waals surface area (Å²) in [6.45, 7) is 11.7. The van der Waals surface area contributed by atoms with E-state index in [4.69, 9.17) is 0 Å². The summed E-state index contributed by atoms with van der Waals surface area (Å²) in [6.07, 6.45) is 5.39. The Morgan fingerprint density at radius 2 is 1.71 bits per heavy atom. The van der Waals surface area contributed by atoms with Crippen molar-refractivity contribution in [1.29, 1.82) is 0 Å². The summed E-state index contributed by atoms with van der Waals surface area (Å²) < 4.78 is 0. The average Bonchev–Trinajstić information content (AvgIpc) is 2.02. The number of rotatable bonds is 7. The molecule has 0 spiro atoms. The van der Waals surface area contributed by atoms with E-state index in [1.54, 1.807) is 0 Å². The Kier molecular flexibility index (Phi) is 6.43. The highest BCUT2D eigenvalue weighted by Crippen LogP contribution is 2.29. The van der Waals surface area contributed by atoms with Gasteiger partial charge in [0.2, 0.25) is 0 Å². The molecule has 0 radical (unpaired) electrons. The van der Waals surface area contributed by atoms with Crippen molar-refractivity contribution >= 4 is 0 Å². The average molecular weight is 199 g/mol. The Morgan fingerprint density at radius 1 is 1.14 bits per heavy atom. The van der Waals surface area contributed by atoms with Gasteiger partial charge in [-0.3, -0.25) is 0 Å². The van der Waals surface area contributed by atoms with Gasteiger partial charge in [-0.15, -0.1) is 0 Å². The van der Waals surface area contributed by atoms with Gasteiger partial charge in [0.15, 0.2) is 0 Å². The second-order valence-corrected chi connectivity index (χ2v) is 5.84. The number of hydrogen-bond donors (Lipinski definition) is 1. The normalized spacial score (nSPS) is 14.8. The zero-order valence-electron chi connectivity index (χ0n) is 11.0. The molecule has 0 aliphatic carbocycles. The molecule has 0 saturated heterocycles. The lowest BCUT2D eigenvalue weighted by molar-refractivity contribution is 0.260. The van der Waals surface area contributed by atoms with Gasteiger partial charge in [-0.25, -0.2) is 0 Å². The fourth-order valence-electron chi connectivity index (χ4n) is 2.02. The van der Waals surface area contributed by atoms with E-state index < -0.39 is 0 Å². The van der Waals surface area contributed by atoms with E-state index in [-0.39, 0.29) is 0 Å². The Balaban J connectivity index is 3.71. The van der Waals surface area contributed by atoms with Crippen molar-refractivity contribution in [2.24, 2.45) is 11.3 Å². The van der Waals surface area contributed by atoms with Crippen LogP contribution in [0.2, 0.25) is 0 Å². The molecule has 0 aliphatic rings. The van der Waals surface area contributed by atoms with Crippen LogP contribution in [-0.2, 0) is 0 Å². The van der Waals surface area contributed by atoms with Crippen LogP contribution in [0.5, 0.6) is 0 Å². The van der Waals surface area contributed by atoms with Crippen LogP contribution < -0.4 is 5.32 Å². The molecule has 0 amide bonds. The number of hydrogen-bond acceptors (Lipinski definition) is 1. The fraction of sp³-hybridized carbons (Fsp3) is 1.00. The van der Waals surface area contributed by atoms with Crippen molar-refractivity contribution < 1.29 is 0 Å². The van der Waals surface area contributed by atoms with Crippen LogP contribution in [0.4, 0.5) is 0 Å². The Hall–Kier alpha value is -0.0400.